The van der Waals surface area contributed by atoms with Gasteiger partial charge in [0.25, 0.3) is 0 Å². The molecule has 2 atom stereocenters. The topological polar surface area (TPSA) is 87.5 Å². The molecule has 222 valence electrons. The number of ketones is 1. The predicted octanol–water partition coefficient (Wildman–Crippen LogP) is 8.52. The number of aliphatic hydroxyl groups is 1. The number of hydrogen-bond donors (Lipinski definition) is 2. The highest BCUT2D eigenvalue weighted by atomic mass is 35.5. The molecule has 1 saturated carbocycles. The van der Waals surface area contributed by atoms with Crippen molar-refractivity contribution < 1.29 is 19.8 Å². The van der Waals surface area contributed by atoms with E-state index in [2.05, 4.69) is 30.3 Å². The molecule has 1 fully saturated rings. The number of pyridine rings is 1. The number of carboxylic acids is 1. The number of carbonyl (C=O) groups excluding carboxylic acids is 1. The molecule has 0 spiro atoms. The first-order chi connectivity index (χ1) is 20.5. The van der Waals surface area contributed by atoms with Crippen molar-refractivity contribution in [1.29, 1.82) is 0 Å². The van der Waals surface area contributed by atoms with Gasteiger partial charge in [-0.15, -0.1) is 0 Å². The number of rotatable bonds is 13. The molecule has 1 heterocycles. The van der Waals surface area contributed by atoms with Crippen molar-refractivity contribution in [2.45, 2.75) is 56.8 Å². The maximum absolute atomic E-state index is 11.9. The number of aromatic nitrogens is 1. The Bertz CT molecular complexity index is 1680. The van der Waals surface area contributed by atoms with Crippen molar-refractivity contribution in [2.75, 3.05) is 5.75 Å². The Morgan fingerprint density at radius 2 is 1.81 bits per heavy atom. The van der Waals surface area contributed by atoms with E-state index in [1.54, 1.807) is 19.1 Å². The third kappa shape index (κ3) is 7.74. The maximum atomic E-state index is 11.9. The first-order valence-corrected chi connectivity index (χ1v) is 16.0. The molecule has 0 radical (unpaired) electrons. The van der Waals surface area contributed by atoms with Crippen LogP contribution in [0.3, 0.4) is 0 Å². The highest BCUT2D eigenvalue weighted by Crippen LogP contribution is 2.53. The maximum Gasteiger partial charge on any atom is 0.340 e. The normalized spacial score (nSPS) is 16.2. The molecule has 1 aromatic heterocycles. The van der Waals surface area contributed by atoms with Crippen LogP contribution in [0.2, 0.25) is 5.02 Å². The van der Waals surface area contributed by atoms with Crippen LogP contribution in [0.5, 0.6) is 0 Å². The summed E-state index contributed by atoms with van der Waals surface area (Å²) in [4.78, 5) is 28.5. The molecular formula is C36H36ClNO4S. The zero-order valence-corrected chi connectivity index (χ0v) is 26.0. The van der Waals surface area contributed by atoms with Gasteiger partial charge in [0.1, 0.15) is 5.78 Å². The lowest BCUT2D eigenvalue weighted by Gasteiger charge is -2.24. The second-order valence-corrected chi connectivity index (χ2v) is 13.5. The average molecular weight is 614 g/mol. The molecule has 2 N–H and O–H groups in total. The van der Waals surface area contributed by atoms with Crippen LogP contribution in [-0.2, 0) is 21.6 Å². The molecule has 1 aliphatic rings. The highest BCUT2D eigenvalue weighted by Gasteiger charge is 2.43. The average Bonchev–Trinajstić information content (AvgIpc) is 3.74. The van der Waals surface area contributed by atoms with E-state index in [1.165, 1.54) is 12.5 Å². The lowest BCUT2D eigenvalue weighted by atomic mass is 9.89. The lowest BCUT2D eigenvalue weighted by molar-refractivity contribution is -0.157. The quantitative estimate of drug-likeness (QED) is 0.157. The fourth-order valence-electron chi connectivity index (χ4n) is 5.56. The predicted molar refractivity (Wildman–Crippen MR) is 176 cm³/mol. The van der Waals surface area contributed by atoms with Gasteiger partial charge in [0.2, 0.25) is 0 Å². The molecule has 43 heavy (non-hydrogen) atoms. The number of fused-ring (bicyclic) bond motifs is 1. The zero-order valence-electron chi connectivity index (χ0n) is 24.4. The molecule has 3 aromatic carbocycles. The van der Waals surface area contributed by atoms with Gasteiger partial charge in [-0.1, -0.05) is 78.3 Å². The minimum absolute atomic E-state index is 0.0851. The van der Waals surface area contributed by atoms with Gasteiger partial charge in [-0.25, -0.2) is 9.78 Å². The second kappa shape index (κ2) is 13.0. The van der Waals surface area contributed by atoms with Crippen LogP contribution in [0.25, 0.3) is 23.1 Å². The van der Waals surface area contributed by atoms with Gasteiger partial charge in [0, 0.05) is 22.1 Å². The summed E-state index contributed by atoms with van der Waals surface area (Å²) in [6.07, 6.45) is 8.18. The van der Waals surface area contributed by atoms with E-state index >= 15 is 0 Å². The Hall–Kier alpha value is -3.45. The van der Waals surface area contributed by atoms with Gasteiger partial charge in [0.05, 0.1) is 11.2 Å². The molecule has 1 aliphatic carbocycles. The van der Waals surface area contributed by atoms with Crippen molar-refractivity contribution >= 4 is 58.2 Å². The molecule has 0 bridgehead atoms. The standard InChI is InChI=1S/C36H36ClNO4S/c1-24(39)22-36(18-19-36)23-43-33(17-13-26-7-3-4-9-31(26)35(2,42)34(40)41)28-8-5-6-25(20-28)10-15-30-16-12-27-11-14-29(37)21-32(27)38-30/h3-12,14-16,20-21,33,42H,13,17-19,22-23H2,1-2H3,(H,40,41). The molecule has 5 nitrogen and oxygen atoms in total. The summed E-state index contributed by atoms with van der Waals surface area (Å²) < 4.78 is 0. The number of aliphatic carboxylic acids is 1. The van der Waals surface area contributed by atoms with Gasteiger partial charge in [-0.2, -0.15) is 11.8 Å². The Morgan fingerprint density at radius 1 is 1.05 bits per heavy atom. The molecule has 0 amide bonds. The number of nitrogens with zero attached hydrogens (tertiary/aromatic N) is 1. The largest absolute Gasteiger partial charge is 0.479 e. The minimum atomic E-state index is -1.97. The van der Waals surface area contributed by atoms with Crippen LogP contribution in [0.1, 0.15) is 72.7 Å². The number of hydrogen-bond acceptors (Lipinski definition) is 5. The summed E-state index contributed by atoms with van der Waals surface area (Å²) >= 11 is 8.04. The number of thioether (sulfide) groups is 1. The summed E-state index contributed by atoms with van der Waals surface area (Å²) in [5.74, 6) is -0.138. The first kappa shape index (κ1) is 31.0. The van der Waals surface area contributed by atoms with Gasteiger partial charge in [-0.05, 0) is 97.2 Å². The summed E-state index contributed by atoms with van der Waals surface area (Å²) in [5.41, 5.74) is 3.27. The van der Waals surface area contributed by atoms with Crippen LogP contribution in [0.15, 0.2) is 78.9 Å². The fraction of sp³-hybridized carbons (Fsp3) is 0.306. The molecule has 2 unspecified atom stereocenters. The first-order valence-electron chi connectivity index (χ1n) is 14.5. The van der Waals surface area contributed by atoms with Crippen LogP contribution in [-0.4, -0.2) is 32.7 Å². The van der Waals surface area contributed by atoms with Crippen molar-refractivity contribution in [3.63, 3.8) is 0 Å². The van der Waals surface area contributed by atoms with Gasteiger partial charge >= 0.3 is 5.97 Å². The second-order valence-electron chi connectivity index (χ2n) is 11.8. The minimum Gasteiger partial charge on any atom is -0.479 e. The van der Waals surface area contributed by atoms with Crippen LogP contribution < -0.4 is 0 Å². The van der Waals surface area contributed by atoms with E-state index in [-0.39, 0.29) is 16.4 Å². The summed E-state index contributed by atoms with van der Waals surface area (Å²) in [6.45, 7) is 3.00. The number of carbonyl (C=O) groups is 2. The van der Waals surface area contributed by atoms with Gasteiger partial charge < -0.3 is 15.0 Å². The van der Waals surface area contributed by atoms with E-state index in [0.29, 0.717) is 23.4 Å². The third-order valence-electron chi connectivity index (χ3n) is 8.21. The van der Waals surface area contributed by atoms with E-state index < -0.39 is 11.6 Å². The van der Waals surface area contributed by atoms with Gasteiger partial charge in [-0.3, -0.25) is 0 Å². The fourth-order valence-corrected chi connectivity index (χ4v) is 7.29. The number of carboxylic acid groups (broad SMARTS) is 1. The number of Topliss-reactive ketones (excluding diaryl/α,β-unsaturated/α-hetero) is 1. The highest BCUT2D eigenvalue weighted by molar-refractivity contribution is 7.99. The van der Waals surface area contributed by atoms with E-state index in [4.69, 9.17) is 16.6 Å². The van der Waals surface area contributed by atoms with E-state index in [9.17, 15) is 19.8 Å². The number of halogens is 1. The molecule has 0 saturated heterocycles. The van der Waals surface area contributed by atoms with Crippen LogP contribution >= 0.6 is 23.4 Å². The smallest absolute Gasteiger partial charge is 0.340 e. The Kier molecular flexibility index (Phi) is 9.40. The zero-order chi connectivity index (χ0) is 30.6. The number of aryl methyl sites for hydroxylation is 1. The molecule has 7 heteroatoms. The molecule has 0 aliphatic heterocycles. The summed E-state index contributed by atoms with van der Waals surface area (Å²) in [7, 11) is 0. The number of benzene rings is 3. The van der Waals surface area contributed by atoms with Crippen molar-refractivity contribution in [1.82, 2.24) is 4.98 Å². The van der Waals surface area contributed by atoms with Crippen molar-refractivity contribution in [3.8, 4) is 0 Å². The van der Waals surface area contributed by atoms with E-state index in [1.807, 2.05) is 60.3 Å². The lowest BCUT2D eigenvalue weighted by Crippen LogP contribution is -2.33. The Balaban J connectivity index is 1.39. The van der Waals surface area contributed by atoms with Crippen molar-refractivity contribution in [2.24, 2.45) is 5.41 Å². The summed E-state index contributed by atoms with van der Waals surface area (Å²) in [5, 5.41) is 22.2. The molecule has 5 rings (SSSR count). The van der Waals surface area contributed by atoms with Gasteiger partial charge in [0.15, 0.2) is 5.60 Å². The van der Waals surface area contributed by atoms with Crippen LogP contribution in [0, 0.1) is 5.41 Å². The Labute approximate surface area is 262 Å². The SMILES string of the molecule is CC(=O)CC1(CSC(CCc2ccccc2C(C)(O)C(=O)O)c2cccc(C=Cc3ccc4ccc(Cl)cc4n3)c2)CC1. The Morgan fingerprint density at radius 3 is 2.56 bits per heavy atom. The monoisotopic (exact) mass is 613 g/mol. The third-order valence-corrected chi connectivity index (χ3v) is 10.1. The molecule has 4 aromatic rings. The summed E-state index contributed by atoms with van der Waals surface area (Å²) in [6, 6.07) is 25.4. The van der Waals surface area contributed by atoms with E-state index in [0.717, 1.165) is 52.7 Å². The van der Waals surface area contributed by atoms with Crippen molar-refractivity contribution in [3.05, 3.63) is 112 Å². The molecular weight excluding hydrogens is 578 g/mol. The van der Waals surface area contributed by atoms with Crippen LogP contribution in [0.4, 0.5) is 0 Å².